The maximum atomic E-state index is 4.82. The molecule has 5 rings (SSSR count). The van der Waals surface area contributed by atoms with Crippen molar-refractivity contribution >= 4 is 33.0 Å². The Kier molecular flexibility index (Phi) is 3.70. The first-order valence-corrected chi connectivity index (χ1v) is 10.6. The predicted octanol–water partition coefficient (Wildman–Crippen LogP) is 6.58. The number of nitrogens with zero attached hydrogens (tertiary/aromatic N) is 2. The van der Waals surface area contributed by atoms with Gasteiger partial charge in [-0.25, -0.2) is 4.98 Å². The molecule has 3 nitrogen and oxygen atoms in total. The molecule has 2 atom stereocenters. The van der Waals surface area contributed by atoms with Gasteiger partial charge in [0.05, 0.1) is 4.88 Å². The normalized spacial score (nSPS) is 27.5. The minimum atomic E-state index is 0.225. The Bertz CT molecular complexity index is 1050. The van der Waals surface area contributed by atoms with E-state index in [1.165, 1.54) is 39.8 Å². The average Bonchev–Trinajstić information content (AvgIpc) is 3.28. The average molecular weight is 376 g/mol. The van der Waals surface area contributed by atoms with Crippen molar-refractivity contribution in [3.63, 3.8) is 0 Å². The van der Waals surface area contributed by atoms with Crippen molar-refractivity contribution in [3.05, 3.63) is 48.7 Å². The molecule has 0 amide bonds. The van der Waals surface area contributed by atoms with Crippen molar-refractivity contribution in [2.75, 3.05) is 5.43 Å². The molecule has 0 saturated heterocycles. The van der Waals surface area contributed by atoms with Crippen molar-refractivity contribution in [1.29, 1.82) is 0 Å². The second-order valence-electron chi connectivity index (χ2n) is 8.76. The van der Waals surface area contributed by atoms with Crippen molar-refractivity contribution in [1.82, 2.24) is 4.98 Å². The summed E-state index contributed by atoms with van der Waals surface area (Å²) in [5.41, 5.74) is 6.37. The van der Waals surface area contributed by atoms with Gasteiger partial charge in [-0.2, -0.15) is 5.10 Å². The fourth-order valence-electron chi connectivity index (χ4n) is 5.01. The molecule has 4 heteroatoms. The molecular formula is C23H25N3S. The molecule has 0 radical (unpaired) electrons. The lowest BCUT2D eigenvalue weighted by Gasteiger charge is -2.34. The number of nitrogens with one attached hydrogen (secondary N) is 1. The van der Waals surface area contributed by atoms with E-state index in [2.05, 4.69) is 73.6 Å². The molecule has 1 aromatic heterocycles. The molecule has 27 heavy (non-hydrogen) atoms. The fourth-order valence-corrected chi connectivity index (χ4v) is 5.77. The summed E-state index contributed by atoms with van der Waals surface area (Å²) in [7, 11) is 0. The number of hydrazone groups is 1. The predicted molar refractivity (Wildman–Crippen MR) is 115 cm³/mol. The molecule has 0 spiro atoms. The van der Waals surface area contributed by atoms with E-state index in [-0.39, 0.29) is 5.41 Å². The molecule has 0 aliphatic heterocycles. The van der Waals surface area contributed by atoms with Gasteiger partial charge in [0, 0.05) is 17.3 Å². The van der Waals surface area contributed by atoms with E-state index in [9.17, 15) is 0 Å². The van der Waals surface area contributed by atoms with Gasteiger partial charge in [0.2, 0.25) is 5.13 Å². The second kappa shape index (κ2) is 5.90. The second-order valence-corrected chi connectivity index (χ2v) is 9.79. The molecule has 2 unspecified atom stereocenters. The van der Waals surface area contributed by atoms with Crippen LogP contribution in [0.15, 0.2) is 53.8 Å². The molecule has 2 fully saturated rings. The maximum absolute atomic E-state index is 4.82. The molecule has 1 heterocycles. The van der Waals surface area contributed by atoms with Crippen LogP contribution >= 0.6 is 11.3 Å². The van der Waals surface area contributed by atoms with Crippen LogP contribution in [-0.2, 0) is 0 Å². The number of aromatic nitrogens is 1. The Morgan fingerprint density at radius 3 is 2.67 bits per heavy atom. The minimum Gasteiger partial charge on any atom is -0.253 e. The highest BCUT2D eigenvalue weighted by Gasteiger charge is 2.59. The zero-order valence-electron chi connectivity index (χ0n) is 16.1. The number of benzene rings is 2. The summed E-state index contributed by atoms with van der Waals surface area (Å²) in [6.07, 6.45) is 5.67. The quantitative estimate of drug-likeness (QED) is 0.525. The van der Waals surface area contributed by atoms with Gasteiger partial charge < -0.3 is 0 Å². The summed E-state index contributed by atoms with van der Waals surface area (Å²) >= 11 is 1.67. The summed E-state index contributed by atoms with van der Waals surface area (Å²) < 4.78 is 0. The summed E-state index contributed by atoms with van der Waals surface area (Å²) in [6, 6.07) is 15.0. The van der Waals surface area contributed by atoms with Crippen LogP contribution in [0.25, 0.3) is 21.2 Å². The third kappa shape index (κ3) is 2.53. The number of fused-ring (bicyclic) bond motifs is 3. The van der Waals surface area contributed by atoms with Gasteiger partial charge in [-0.05, 0) is 53.0 Å². The number of anilines is 1. The lowest BCUT2D eigenvalue weighted by Crippen LogP contribution is -2.32. The van der Waals surface area contributed by atoms with Gasteiger partial charge in [-0.3, -0.25) is 5.43 Å². The molecule has 2 aromatic carbocycles. The van der Waals surface area contributed by atoms with Crippen molar-refractivity contribution < 1.29 is 0 Å². The van der Waals surface area contributed by atoms with Gasteiger partial charge in [-0.1, -0.05) is 68.5 Å². The summed E-state index contributed by atoms with van der Waals surface area (Å²) in [4.78, 5) is 5.72. The molecule has 2 aliphatic carbocycles. The van der Waals surface area contributed by atoms with Crippen molar-refractivity contribution in [3.8, 4) is 10.4 Å². The molecular weight excluding hydrogens is 350 g/mol. The molecule has 2 aliphatic rings. The molecule has 138 valence electrons. The third-order valence-electron chi connectivity index (χ3n) is 7.34. The lowest BCUT2D eigenvalue weighted by molar-refractivity contribution is 0.194. The Hall–Kier alpha value is -2.20. The van der Waals surface area contributed by atoms with Crippen LogP contribution in [0.4, 0.5) is 5.13 Å². The topological polar surface area (TPSA) is 37.3 Å². The summed E-state index contributed by atoms with van der Waals surface area (Å²) in [5.74, 6) is 0.771. The monoisotopic (exact) mass is 375 g/mol. The lowest BCUT2D eigenvalue weighted by atomic mass is 9.70. The zero-order valence-corrected chi connectivity index (χ0v) is 16.9. The Morgan fingerprint density at radius 2 is 1.93 bits per heavy atom. The molecule has 2 bridgehead atoms. The fraction of sp³-hybridized carbons (Fsp3) is 0.391. The first kappa shape index (κ1) is 16.9. The smallest absolute Gasteiger partial charge is 0.203 e. The van der Waals surface area contributed by atoms with Gasteiger partial charge >= 0.3 is 0 Å². The van der Waals surface area contributed by atoms with E-state index in [1.54, 1.807) is 11.3 Å². The van der Waals surface area contributed by atoms with Crippen molar-refractivity contribution in [2.45, 2.75) is 40.0 Å². The van der Waals surface area contributed by atoms with Gasteiger partial charge in [0.25, 0.3) is 0 Å². The van der Waals surface area contributed by atoms with E-state index >= 15 is 0 Å². The number of hydrogen-bond donors (Lipinski definition) is 1. The van der Waals surface area contributed by atoms with Gasteiger partial charge in [-0.15, -0.1) is 0 Å². The maximum Gasteiger partial charge on any atom is 0.203 e. The largest absolute Gasteiger partial charge is 0.253 e. The van der Waals surface area contributed by atoms with Crippen LogP contribution in [0.2, 0.25) is 0 Å². The number of rotatable bonds is 3. The summed E-state index contributed by atoms with van der Waals surface area (Å²) in [6.45, 7) is 7.21. The number of thiazole rings is 1. The van der Waals surface area contributed by atoms with Crippen LogP contribution in [0, 0.1) is 16.7 Å². The first-order chi connectivity index (χ1) is 13.0. The Labute approximate surface area is 164 Å². The van der Waals surface area contributed by atoms with Crippen LogP contribution in [0.5, 0.6) is 0 Å². The first-order valence-electron chi connectivity index (χ1n) is 9.75. The molecule has 3 aromatic rings. The summed E-state index contributed by atoms with van der Waals surface area (Å²) in [5, 5.41) is 8.21. The Morgan fingerprint density at radius 1 is 1.11 bits per heavy atom. The van der Waals surface area contributed by atoms with Crippen LogP contribution in [-0.4, -0.2) is 10.7 Å². The zero-order chi connectivity index (χ0) is 18.6. The standard InChI is InChI=1S/C23H25N3S/c1-22(2)18-10-11-23(22,3)20(13-18)25-26-21-24-14-19(27-21)17-9-8-15-6-4-5-7-16(15)12-17/h4-9,12,14,18H,10-11,13H2,1-3H3,(H,24,26)/b25-20+. The van der Waals surface area contributed by atoms with Gasteiger partial charge in [0.1, 0.15) is 0 Å². The SMILES string of the molecule is CC12CCC(C/C1=N\Nc1ncc(-c3ccc4ccccc4c3)s1)C2(C)C. The van der Waals surface area contributed by atoms with E-state index in [4.69, 9.17) is 5.10 Å². The van der Waals surface area contributed by atoms with Crippen molar-refractivity contribution in [2.24, 2.45) is 21.8 Å². The van der Waals surface area contributed by atoms with Crippen LogP contribution < -0.4 is 5.43 Å². The van der Waals surface area contributed by atoms with Crippen LogP contribution in [0.1, 0.15) is 40.0 Å². The number of hydrogen-bond acceptors (Lipinski definition) is 4. The van der Waals surface area contributed by atoms with Gasteiger partial charge in [0.15, 0.2) is 0 Å². The third-order valence-corrected chi connectivity index (χ3v) is 8.29. The van der Waals surface area contributed by atoms with E-state index < -0.39 is 0 Å². The highest BCUT2D eigenvalue weighted by Crippen LogP contribution is 2.63. The van der Waals surface area contributed by atoms with E-state index in [1.807, 2.05) is 6.20 Å². The Balaban J connectivity index is 1.38. The highest BCUT2D eigenvalue weighted by molar-refractivity contribution is 7.18. The minimum absolute atomic E-state index is 0.225. The molecule has 2 saturated carbocycles. The van der Waals surface area contributed by atoms with E-state index in [0.717, 1.165) is 17.5 Å². The molecule has 1 N–H and O–H groups in total. The van der Waals surface area contributed by atoms with E-state index in [0.29, 0.717) is 5.41 Å². The van der Waals surface area contributed by atoms with Crippen LogP contribution in [0.3, 0.4) is 0 Å². The highest BCUT2D eigenvalue weighted by atomic mass is 32.1.